The molecule has 0 spiro atoms. The first-order valence-corrected chi connectivity index (χ1v) is 6.71. The van der Waals surface area contributed by atoms with Crippen LogP contribution in [-0.2, 0) is 0 Å². The molecule has 0 aliphatic carbocycles. The van der Waals surface area contributed by atoms with Crippen LogP contribution in [0.2, 0.25) is 0 Å². The molecule has 2 aromatic carbocycles. The smallest absolute Gasteiger partial charge is 0.252 e. The van der Waals surface area contributed by atoms with Gasteiger partial charge in [-0.1, -0.05) is 30.3 Å². The van der Waals surface area contributed by atoms with Crippen LogP contribution >= 0.6 is 0 Å². The van der Waals surface area contributed by atoms with Gasteiger partial charge in [-0.3, -0.25) is 4.79 Å². The molecule has 1 atom stereocenters. The summed E-state index contributed by atoms with van der Waals surface area (Å²) in [6.07, 6.45) is 0. The van der Waals surface area contributed by atoms with Gasteiger partial charge in [0.05, 0.1) is 6.04 Å². The monoisotopic (exact) mass is 268 g/mol. The summed E-state index contributed by atoms with van der Waals surface area (Å²) in [5.41, 5.74) is 10.2. The van der Waals surface area contributed by atoms with Gasteiger partial charge in [0, 0.05) is 11.3 Å². The molecule has 0 radical (unpaired) electrons. The zero-order valence-corrected chi connectivity index (χ0v) is 12.1. The number of nitrogens with one attached hydrogen (secondary N) is 1. The van der Waals surface area contributed by atoms with Crippen LogP contribution in [0.1, 0.15) is 40.0 Å². The van der Waals surface area contributed by atoms with E-state index in [4.69, 9.17) is 5.73 Å². The van der Waals surface area contributed by atoms with Gasteiger partial charge in [0.2, 0.25) is 0 Å². The third-order valence-electron chi connectivity index (χ3n) is 3.51. The number of rotatable bonds is 3. The number of anilines is 1. The number of aryl methyl sites for hydroxylation is 2. The van der Waals surface area contributed by atoms with Crippen LogP contribution in [0.3, 0.4) is 0 Å². The third-order valence-corrected chi connectivity index (χ3v) is 3.51. The Morgan fingerprint density at radius 3 is 2.50 bits per heavy atom. The quantitative estimate of drug-likeness (QED) is 0.838. The first-order chi connectivity index (χ1) is 9.49. The molecule has 0 bridgehead atoms. The fourth-order valence-electron chi connectivity index (χ4n) is 2.31. The molecule has 0 aromatic heterocycles. The molecule has 3 N–H and O–H groups in total. The number of hydrogen-bond donors (Lipinski definition) is 2. The summed E-state index contributed by atoms with van der Waals surface area (Å²) < 4.78 is 0. The van der Waals surface area contributed by atoms with E-state index in [-0.39, 0.29) is 11.9 Å². The fourth-order valence-corrected chi connectivity index (χ4v) is 2.31. The lowest BCUT2D eigenvalue weighted by molar-refractivity contribution is 0.0939. The maximum Gasteiger partial charge on any atom is 0.252 e. The Morgan fingerprint density at radius 1 is 1.10 bits per heavy atom. The molecule has 0 fully saturated rings. The van der Waals surface area contributed by atoms with Crippen molar-refractivity contribution >= 4 is 11.6 Å². The minimum Gasteiger partial charge on any atom is -0.399 e. The summed E-state index contributed by atoms with van der Waals surface area (Å²) in [7, 11) is 0. The van der Waals surface area contributed by atoms with Gasteiger partial charge >= 0.3 is 0 Å². The second-order valence-electron chi connectivity index (χ2n) is 5.13. The Morgan fingerprint density at radius 2 is 1.80 bits per heavy atom. The lowest BCUT2D eigenvalue weighted by Gasteiger charge is -2.17. The van der Waals surface area contributed by atoms with Gasteiger partial charge in [-0.05, 0) is 49.6 Å². The molecule has 1 unspecified atom stereocenters. The summed E-state index contributed by atoms with van der Waals surface area (Å²) >= 11 is 0. The number of carbonyl (C=O) groups excluding carboxylic acids is 1. The maximum absolute atomic E-state index is 12.3. The lowest BCUT2D eigenvalue weighted by atomic mass is 10.0. The van der Waals surface area contributed by atoms with Gasteiger partial charge in [0.15, 0.2) is 0 Å². The standard InChI is InChI=1S/C17H20N2O/c1-11-6-4-5-7-15(11)13(3)19-17(20)16-10-14(18)9-8-12(16)2/h4-10,13H,18H2,1-3H3,(H,19,20). The zero-order valence-electron chi connectivity index (χ0n) is 12.1. The summed E-state index contributed by atoms with van der Waals surface area (Å²) in [5.74, 6) is -0.0921. The van der Waals surface area contributed by atoms with Gasteiger partial charge in [0.25, 0.3) is 5.91 Å². The highest BCUT2D eigenvalue weighted by molar-refractivity contribution is 5.96. The predicted octanol–water partition coefficient (Wildman–Crippen LogP) is 3.38. The van der Waals surface area contributed by atoms with E-state index in [1.165, 1.54) is 5.56 Å². The van der Waals surface area contributed by atoms with Crippen LogP contribution in [-0.4, -0.2) is 5.91 Å². The van der Waals surface area contributed by atoms with Crippen LogP contribution in [0.4, 0.5) is 5.69 Å². The number of nitrogen functional groups attached to an aromatic ring is 1. The van der Waals surface area contributed by atoms with Crippen molar-refractivity contribution in [3.63, 3.8) is 0 Å². The van der Waals surface area contributed by atoms with Gasteiger partial charge in [-0.15, -0.1) is 0 Å². The van der Waals surface area contributed by atoms with Crippen molar-refractivity contribution in [1.29, 1.82) is 0 Å². The number of hydrogen-bond acceptors (Lipinski definition) is 2. The van der Waals surface area contributed by atoms with E-state index in [2.05, 4.69) is 5.32 Å². The van der Waals surface area contributed by atoms with Crippen molar-refractivity contribution in [3.8, 4) is 0 Å². The Bertz CT molecular complexity index is 635. The fraction of sp³-hybridized carbons (Fsp3) is 0.235. The molecule has 20 heavy (non-hydrogen) atoms. The second-order valence-corrected chi connectivity index (χ2v) is 5.13. The first-order valence-electron chi connectivity index (χ1n) is 6.71. The molecule has 0 saturated heterocycles. The van der Waals surface area contributed by atoms with Crippen LogP contribution in [0, 0.1) is 13.8 Å². The molecule has 3 nitrogen and oxygen atoms in total. The SMILES string of the molecule is Cc1ccc(N)cc1C(=O)NC(C)c1ccccc1C. The van der Waals surface area contributed by atoms with E-state index >= 15 is 0 Å². The lowest BCUT2D eigenvalue weighted by Crippen LogP contribution is -2.27. The Labute approximate surface area is 119 Å². The molecule has 0 aliphatic heterocycles. The van der Waals surface area contributed by atoms with Gasteiger partial charge < -0.3 is 11.1 Å². The van der Waals surface area contributed by atoms with E-state index in [1.807, 2.05) is 51.1 Å². The maximum atomic E-state index is 12.3. The van der Waals surface area contributed by atoms with E-state index < -0.39 is 0 Å². The summed E-state index contributed by atoms with van der Waals surface area (Å²) in [6, 6.07) is 13.4. The van der Waals surface area contributed by atoms with Crippen molar-refractivity contribution in [3.05, 3.63) is 64.7 Å². The predicted molar refractivity (Wildman–Crippen MR) is 82.7 cm³/mol. The summed E-state index contributed by atoms with van der Waals surface area (Å²) in [4.78, 5) is 12.3. The molecule has 2 rings (SSSR count). The van der Waals surface area contributed by atoms with Crippen molar-refractivity contribution < 1.29 is 4.79 Å². The molecule has 2 aromatic rings. The highest BCUT2D eigenvalue weighted by atomic mass is 16.1. The summed E-state index contributed by atoms with van der Waals surface area (Å²) in [6.45, 7) is 5.94. The van der Waals surface area contributed by atoms with Gasteiger partial charge in [-0.2, -0.15) is 0 Å². The van der Waals surface area contributed by atoms with Gasteiger partial charge in [0.1, 0.15) is 0 Å². The number of amides is 1. The topological polar surface area (TPSA) is 55.1 Å². The van der Waals surface area contributed by atoms with Crippen molar-refractivity contribution in [1.82, 2.24) is 5.32 Å². The zero-order chi connectivity index (χ0) is 14.7. The minimum absolute atomic E-state index is 0.0375. The summed E-state index contributed by atoms with van der Waals surface area (Å²) in [5, 5.41) is 3.03. The van der Waals surface area contributed by atoms with Crippen molar-refractivity contribution in [2.45, 2.75) is 26.8 Å². The molecule has 0 aliphatic rings. The van der Waals surface area contributed by atoms with Gasteiger partial charge in [-0.25, -0.2) is 0 Å². The van der Waals surface area contributed by atoms with E-state index in [0.717, 1.165) is 11.1 Å². The highest BCUT2D eigenvalue weighted by Gasteiger charge is 2.14. The van der Waals surface area contributed by atoms with E-state index in [1.54, 1.807) is 12.1 Å². The first kappa shape index (κ1) is 14.1. The Hall–Kier alpha value is -2.29. The average molecular weight is 268 g/mol. The minimum atomic E-state index is -0.0921. The van der Waals surface area contributed by atoms with Crippen LogP contribution < -0.4 is 11.1 Å². The average Bonchev–Trinajstić information content (AvgIpc) is 2.41. The van der Waals surface area contributed by atoms with E-state index in [9.17, 15) is 4.79 Å². The number of benzene rings is 2. The number of nitrogens with two attached hydrogens (primary N) is 1. The van der Waals surface area contributed by atoms with Crippen molar-refractivity contribution in [2.75, 3.05) is 5.73 Å². The molecule has 0 heterocycles. The Kier molecular flexibility index (Phi) is 4.08. The van der Waals surface area contributed by atoms with Crippen LogP contribution in [0.5, 0.6) is 0 Å². The largest absolute Gasteiger partial charge is 0.399 e. The normalized spacial score (nSPS) is 11.9. The third kappa shape index (κ3) is 2.99. The molecule has 104 valence electrons. The van der Waals surface area contributed by atoms with Crippen molar-refractivity contribution in [2.24, 2.45) is 0 Å². The van der Waals surface area contributed by atoms with E-state index in [0.29, 0.717) is 11.3 Å². The van der Waals surface area contributed by atoms with Crippen LogP contribution in [0.25, 0.3) is 0 Å². The second kappa shape index (κ2) is 5.78. The molecular formula is C17H20N2O. The molecule has 3 heteroatoms. The van der Waals surface area contributed by atoms with Crippen LogP contribution in [0.15, 0.2) is 42.5 Å². The molecule has 1 amide bonds. The number of carbonyl (C=O) groups is 1. The highest BCUT2D eigenvalue weighted by Crippen LogP contribution is 2.18. The molecule has 0 saturated carbocycles. The Balaban J connectivity index is 2.20. The molecular weight excluding hydrogens is 248 g/mol.